The summed E-state index contributed by atoms with van der Waals surface area (Å²) in [7, 11) is 0. The van der Waals surface area contributed by atoms with Gasteiger partial charge in [0.05, 0.1) is 11.4 Å². The maximum absolute atomic E-state index is 12.3. The van der Waals surface area contributed by atoms with Gasteiger partial charge in [-0.1, -0.05) is 18.2 Å². The van der Waals surface area contributed by atoms with E-state index in [0.717, 1.165) is 28.6 Å². The number of aliphatic hydroxyl groups is 1. The van der Waals surface area contributed by atoms with Gasteiger partial charge in [0.25, 0.3) is 0 Å². The smallest absolute Gasteiger partial charge is 0.383 e. The summed E-state index contributed by atoms with van der Waals surface area (Å²) < 4.78 is 38.3. The maximum atomic E-state index is 12.3. The minimum Gasteiger partial charge on any atom is -0.383 e. The molecule has 0 fully saturated rings. The van der Waals surface area contributed by atoms with Crippen LogP contribution in [0.5, 0.6) is 0 Å². The van der Waals surface area contributed by atoms with Gasteiger partial charge in [0.15, 0.2) is 11.9 Å². The zero-order chi connectivity index (χ0) is 16.3. The molecule has 0 aliphatic heterocycles. The monoisotopic (exact) mass is 332 g/mol. The lowest BCUT2D eigenvalue weighted by atomic mass is 10.1. The van der Waals surface area contributed by atoms with Crippen molar-refractivity contribution in [1.82, 2.24) is 20.2 Å². The van der Waals surface area contributed by atoms with Gasteiger partial charge in [-0.25, -0.2) is 0 Å². The first-order valence-electron chi connectivity index (χ1n) is 6.47. The molecule has 0 saturated carbocycles. The number of rotatable bonds is 5. The van der Waals surface area contributed by atoms with Gasteiger partial charge in [0, 0.05) is 5.75 Å². The van der Waals surface area contributed by atoms with E-state index in [1.165, 1.54) is 4.68 Å². The van der Waals surface area contributed by atoms with Gasteiger partial charge < -0.3 is 5.11 Å². The number of hydrogen-bond donors (Lipinski definition) is 1. The first kappa shape index (κ1) is 16.8. The number of hydrogen-bond acceptors (Lipinski definition) is 5. The third kappa shape index (κ3) is 3.77. The van der Waals surface area contributed by atoms with Crippen LogP contribution in [0.2, 0.25) is 0 Å². The van der Waals surface area contributed by atoms with Gasteiger partial charge in [0.2, 0.25) is 0 Å². The summed E-state index contributed by atoms with van der Waals surface area (Å²) in [6.07, 6.45) is -6.95. The fourth-order valence-corrected chi connectivity index (χ4v) is 2.86. The maximum Gasteiger partial charge on any atom is 0.415 e. The van der Waals surface area contributed by atoms with Gasteiger partial charge in [-0.15, -0.1) is 5.10 Å². The second kappa shape index (κ2) is 6.66. The van der Waals surface area contributed by atoms with E-state index >= 15 is 0 Å². The molecule has 0 amide bonds. The van der Waals surface area contributed by atoms with Crippen molar-refractivity contribution in [2.75, 3.05) is 5.75 Å². The number of aryl methyl sites for hydroxylation is 2. The van der Waals surface area contributed by atoms with E-state index in [2.05, 4.69) is 15.5 Å². The van der Waals surface area contributed by atoms with Gasteiger partial charge in [-0.3, -0.25) is 0 Å². The van der Waals surface area contributed by atoms with E-state index in [4.69, 9.17) is 5.11 Å². The highest BCUT2D eigenvalue weighted by Gasteiger charge is 2.37. The molecule has 0 aliphatic rings. The predicted molar refractivity (Wildman–Crippen MR) is 76.9 cm³/mol. The standard InChI is InChI=1S/C13H15F3N4OS/c1-8-4-3-5-9(2)12(8)20-11(17-18-19-20)7-22-6-10(21)13(14,15)16/h3-5,10,21H,6-7H2,1-2H3. The molecule has 22 heavy (non-hydrogen) atoms. The Balaban J connectivity index is 2.11. The topological polar surface area (TPSA) is 63.8 Å². The van der Waals surface area contributed by atoms with Crippen LogP contribution in [0, 0.1) is 13.8 Å². The van der Waals surface area contributed by atoms with Crippen LogP contribution in [-0.2, 0) is 5.75 Å². The number of para-hydroxylation sites is 1. The van der Waals surface area contributed by atoms with Gasteiger partial charge >= 0.3 is 6.18 Å². The molecular weight excluding hydrogens is 317 g/mol. The highest BCUT2D eigenvalue weighted by atomic mass is 32.2. The first-order chi connectivity index (χ1) is 10.3. The van der Waals surface area contributed by atoms with E-state index in [1.807, 2.05) is 32.0 Å². The second-order valence-electron chi connectivity index (χ2n) is 4.82. The number of thioether (sulfide) groups is 1. The van der Waals surface area contributed by atoms with Crippen LogP contribution in [0.1, 0.15) is 17.0 Å². The molecule has 1 aromatic carbocycles. The fraction of sp³-hybridized carbons (Fsp3) is 0.462. The number of nitrogens with zero attached hydrogens (tertiary/aromatic N) is 4. The molecule has 0 bridgehead atoms. The Hall–Kier alpha value is -1.61. The summed E-state index contributed by atoms with van der Waals surface area (Å²) in [6.45, 7) is 3.82. The average molecular weight is 332 g/mol. The van der Waals surface area contributed by atoms with Gasteiger partial charge in [0.1, 0.15) is 0 Å². The van der Waals surface area contributed by atoms with Crippen molar-refractivity contribution < 1.29 is 18.3 Å². The zero-order valence-corrected chi connectivity index (χ0v) is 12.8. The molecule has 1 aromatic heterocycles. The molecule has 9 heteroatoms. The lowest BCUT2D eigenvalue weighted by Crippen LogP contribution is -2.30. The highest BCUT2D eigenvalue weighted by Crippen LogP contribution is 2.25. The zero-order valence-electron chi connectivity index (χ0n) is 12.0. The van der Waals surface area contributed by atoms with Crippen molar-refractivity contribution in [3.8, 4) is 5.69 Å². The van der Waals surface area contributed by atoms with Crippen molar-refractivity contribution in [2.24, 2.45) is 0 Å². The third-order valence-corrected chi connectivity index (χ3v) is 4.08. The largest absolute Gasteiger partial charge is 0.415 e. The summed E-state index contributed by atoms with van der Waals surface area (Å²) >= 11 is 0.933. The van der Waals surface area contributed by atoms with Crippen LogP contribution < -0.4 is 0 Å². The van der Waals surface area contributed by atoms with Crippen LogP contribution in [0.15, 0.2) is 18.2 Å². The molecule has 2 rings (SSSR count). The van der Waals surface area contributed by atoms with Gasteiger partial charge in [-0.05, 0) is 35.4 Å². The van der Waals surface area contributed by atoms with Crippen LogP contribution >= 0.6 is 11.8 Å². The van der Waals surface area contributed by atoms with E-state index in [1.54, 1.807) is 0 Å². The van der Waals surface area contributed by atoms with E-state index in [0.29, 0.717) is 5.82 Å². The van der Waals surface area contributed by atoms with E-state index in [-0.39, 0.29) is 5.75 Å². The number of tetrazole rings is 1. The van der Waals surface area contributed by atoms with Crippen LogP contribution in [-0.4, -0.2) is 43.3 Å². The van der Waals surface area contributed by atoms with Crippen LogP contribution in [0.3, 0.4) is 0 Å². The van der Waals surface area contributed by atoms with Crippen molar-refractivity contribution in [3.63, 3.8) is 0 Å². The fourth-order valence-electron chi connectivity index (χ4n) is 1.97. The predicted octanol–water partition coefficient (Wildman–Crippen LogP) is 2.44. The summed E-state index contributed by atoms with van der Waals surface area (Å²) in [6, 6.07) is 5.73. The molecule has 0 radical (unpaired) electrons. The minimum atomic E-state index is -4.61. The van der Waals surface area contributed by atoms with Crippen molar-refractivity contribution in [1.29, 1.82) is 0 Å². The molecule has 1 unspecified atom stereocenters. The SMILES string of the molecule is Cc1cccc(C)c1-n1nnnc1CSCC(O)C(F)(F)F. The molecule has 1 atom stereocenters. The Bertz CT molecular complexity index is 624. The summed E-state index contributed by atoms with van der Waals surface area (Å²) in [5.41, 5.74) is 2.75. The minimum absolute atomic E-state index is 0.175. The van der Waals surface area contributed by atoms with Crippen molar-refractivity contribution in [3.05, 3.63) is 35.2 Å². The molecule has 1 N–H and O–H groups in total. The molecule has 0 aliphatic carbocycles. The average Bonchev–Trinajstić information content (AvgIpc) is 2.85. The molecule has 0 saturated heterocycles. The van der Waals surface area contributed by atoms with E-state index in [9.17, 15) is 13.2 Å². The van der Waals surface area contributed by atoms with Crippen molar-refractivity contribution >= 4 is 11.8 Å². The third-order valence-electron chi connectivity index (χ3n) is 3.07. The lowest BCUT2D eigenvalue weighted by Gasteiger charge is -2.14. The Morgan fingerprint density at radius 3 is 2.50 bits per heavy atom. The summed E-state index contributed by atoms with van der Waals surface area (Å²) in [5.74, 6) is 0.161. The Labute approximate surface area is 129 Å². The number of aliphatic hydroxyl groups excluding tert-OH is 1. The molecular formula is C13H15F3N4OS. The highest BCUT2D eigenvalue weighted by molar-refractivity contribution is 7.98. The number of alkyl halides is 3. The molecule has 0 spiro atoms. The van der Waals surface area contributed by atoms with Crippen LogP contribution in [0.25, 0.3) is 5.69 Å². The molecule has 1 heterocycles. The number of aromatic nitrogens is 4. The quantitative estimate of drug-likeness (QED) is 0.911. The van der Waals surface area contributed by atoms with E-state index < -0.39 is 18.0 Å². The summed E-state index contributed by atoms with van der Waals surface area (Å²) in [4.78, 5) is 0. The molecule has 5 nitrogen and oxygen atoms in total. The number of benzene rings is 1. The normalized spacial score (nSPS) is 13.4. The first-order valence-corrected chi connectivity index (χ1v) is 7.62. The Morgan fingerprint density at radius 1 is 1.27 bits per heavy atom. The molecule has 120 valence electrons. The Kier molecular flexibility index (Phi) is 5.07. The lowest BCUT2D eigenvalue weighted by molar-refractivity contribution is -0.195. The molecule has 2 aromatic rings. The Morgan fingerprint density at radius 2 is 1.91 bits per heavy atom. The van der Waals surface area contributed by atoms with Crippen molar-refractivity contribution in [2.45, 2.75) is 31.9 Å². The van der Waals surface area contributed by atoms with Gasteiger partial charge in [-0.2, -0.15) is 29.6 Å². The summed E-state index contributed by atoms with van der Waals surface area (Å²) in [5, 5.41) is 20.3. The van der Waals surface area contributed by atoms with Crippen LogP contribution in [0.4, 0.5) is 13.2 Å². The second-order valence-corrected chi connectivity index (χ2v) is 5.85. The number of halogens is 3.